The van der Waals surface area contributed by atoms with Crippen LogP contribution in [-0.2, 0) is 4.79 Å². The zero-order chi connectivity index (χ0) is 11.1. The number of carbonyl (C=O) groups is 1. The van der Waals surface area contributed by atoms with E-state index in [4.69, 9.17) is 5.73 Å². The highest BCUT2D eigenvalue weighted by Crippen LogP contribution is 2.12. The van der Waals surface area contributed by atoms with Crippen molar-refractivity contribution in [2.24, 2.45) is 11.7 Å². The van der Waals surface area contributed by atoms with Gasteiger partial charge in [0.1, 0.15) is 0 Å². The summed E-state index contributed by atoms with van der Waals surface area (Å²) in [6, 6.07) is 0. The largest absolute Gasteiger partial charge is 0.343 e. The maximum Gasteiger partial charge on any atom is 0.222 e. The Balaban J connectivity index is 2.25. The molecule has 0 bridgehead atoms. The summed E-state index contributed by atoms with van der Waals surface area (Å²) < 4.78 is 0. The van der Waals surface area contributed by atoms with Gasteiger partial charge in [0.05, 0.1) is 0 Å². The molecule has 88 valence electrons. The Morgan fingerprint density at radius 3 is 2.40 bits per heavy atom. The van der Waals surface area contributed by atoms with Crippen LogP contribution in [0.2, 0.25) is 0 Å². The maximum atomic E-state index is 11.9. The quantitative estimate of drug-likeness (QED) is 0.772. The van der Waals surface area contributed by atoms with Crippen molar-refractivity contribution in [3.63, 3.8) is 0 Å². The van der Waals surface area contributed by atoms with Gasteiger partial charge in [-0.15, -0.1) is 0 Å². The van der Waals surface area contributed by atoms with Gasteiger partial charge in [-0.3, -0.25) is 4.79 Å². The predicted molar refractivity (Wildman–Crippen MR) is 62.5 cm³/mol. The molecule has 0 radical (unpaired) electrons. The first-order chi connectivity index (χ1) is 7.24. The molecule has 1 atom stereocenters. The molecule has 3 nitrogen and oxygen atoms in total. The standard InChI is InChI=1S/C12H24N2O/c1-11(10-13)6-7-12(15)14-8-4-2-3-5-9-14/h11H,2-10,13H2,1H3. The third kappa shape index (κ3) is 4.65. The second kappa shape index (κ2) is 6.83. The fourth-order valence-corrected chi connectivity index (χ4v) is 1.97. The van der Waals surface area contributed by atoms with Gasteiger partial charge in [0.2, 0.25) is 5.91 Å². The molecule has 1 saturated heterocycles. The molecule has 1 fully saturated rings. The molecule has 0 spiro atoms. The summed E-state index contributed by atoms with van der Waals surface area (Å²) in [6.45, 7) is 4.73. The van der Waals surface area contributed by atoms with E-state index in [2.05, 4.69) is 6.92 Å². The van der Waals surface area contributed by atoms with Crippen molar-refractivity contribution in [3.05, 3.63) is 0 Å². The highest BCUT2D eigenvalue weighted by molar-refractivity contribution is 5.76. The lowest BCUT2D eigenvalue weighted by molar-refractivity contribution is -0.131. The summed E-state index contributed by atoms with van der Waals surface area (Å²) in [7, 11) is 0. The minimum atomic E-state index is 0.331. The second-order valence-electron chi connectivity index (χ2n) is 4.67. The van der Waals surface area contributed by atoms with Gasteiger partial charge in [-0.05, 0) is 31.7 Å². The van der Waals surface area contributed by atoms with E-state index in [1.54, 1.807) is 0 Å². The molecule has 1 amide bonds. The van der Waals surface area contributed by atoms with Gasteiger partial charge in [-0.1, -0.05) is 19.8 Å². The molecule has 1 heterocycles. The molecule has 3 heteroatoms. The molecule has 1 aliphatic heterocycles. The van der Waals surface area contributed by atoms with Crippen molar-refractivity contribution in [1.82, 2.24) is 4.90 Å². The number of nitrogens with zero attached hydrogens (tertiary/aromatic N) is 1. The Morgan fingerprint density at radius 1 is 1.27 bits per heavy atom. The molecule has 0 saturated carbocycles. The number of rotatable bonds is 4. The molecule has 0 aromatic rings. The van der Waals surface area contributed by atoms with Crippen LogP contribution in [-0.4, -0.2) is 30.4 Å². The molecular formula is C12H24N2O. The molecule has 0 aromatic carbocycles. The summed E-state index contributed by atoms with van der Waals surface area (Å²) in [4.78, 5) is 13.9. The van der Waals surface area contributed by atoms with Gasteiger partial charge in [0, 0.05) is 19.5 Å². The Hall–Kier alpha value is -0.570. The van der Waals surface area contributed by atoms with Crippen LogP contribution in [0.1, 0.15) is 45.4 Å². The van der Waals surface area contributed by atoms with Gasteiger partial charge in [0.15, 0.2) is 0 Å². The van der Waals surface area contributed by atoms with Crippen LogP contribution in [0.4, 0.5) is 0 Å². The summed E-state index contributed by atoms with van der Waals surface area (Å²) in [5.74, 6) is 0.804. The van der Waals surface area contributed by atoms with Crippen LogP contribution >= 0.6 is 0 Å². The van der Waals surface area contributed by atoms with Crippen molar-refractivity contribution < 1.29 is 4.79 Å². The summed E-state index contributed by atoms with van der Waals surface area (Å²) in [5, 5.41) is 0. The van der Waals surface area contributed by atoms with E-state index in [1.807, 2.05) is 4.90 Å². The molecule has 1 rings (SSSR count). The Labute approximate surface area is 93.0 Å². The van der Waals surface area contributed by atoms with Gasteiger partial charge in [0.25, 0.3) is 0 Å². The van der Waals surface area contributed by atoms with Crippen LogP contribution in [0.15, 0.2) is 0 Å². The smallest absolute Gasteiger partial charge is 0.222 e. The van der Waals surface area contributed by atoms with Crippen LogP contribution in [0, 0.1) is 5.92 Å². The Kier molecular flexibility index (Phi) is 5.69. The molecular weight excluding hydrogens is 188 g/mol. The van der Waals surface area contributed by atoms with Crippen LogP contribution in [0.5, 0.6) is 0 Å². The third-order valence-corrected chi connectivity index (χ3v) is 3.21. The van der Waals surface area contributed by atoms with Crippen molar-refractivity contribution in [1.29, 1.82) is 0 Å². The van der Waals surface area contributed by atoms with E-state index in [9.17, 15) is 4.79 Å². The second-order valence-corrected chi connectivity index (χ2v) is 4.67. The zero-order valence-corrected chi connectivity index (χ0v) is 9.87. The van der Waals surface area contributed by atoms with E-state index in [0.29, 0.717) is 24.8 Å². The number of hydrogen-bond donors (Lipinski definition) is 1. The number of hydrogen-bond acceptors (Lipinski definition) is 2. The first-order valence-corrected chi connectivity index (χ1v) is 6.22. The SMILES string of the molecule is CC(CN)CCC(=O)N1CCCCCC1. The molecule has 15 heavy (non-hydrogen) atoms. The molecule has 0 aromatic heterocycles. The zero-order valence-electron chi connectivity index (χ0n) is 9.87. The average molecular weight is 212 g/mol. The topological polar surface area (TPSA) is 46.3 Å². The number of nitrogens with two attached hydrogens (primary N) is 1. The fraction of sp³-hybridized carbons (Fsp3) is 0.917. The van der Waals surface area contributed by atoms with Crippen molar-refractivity contribution >= 4 is 5.91 Å². The van der Waals surface area contributed by atoms with E-state index in [-0.39, 0.29) is 0 Å². The Bertz CT molecular complexity index is 186. The summed E-state index contributed by atoms with van der Waals surface area (Å²) >= 11 is 0. The van der Waals surface area contributed by atoms with Gasteiger partial charge in [-0.25, -0.2) is 0 Å². The van der Waals surface area contributed by atoms with E-state index in [1.165, 1.54) is 25.7 Å². The van der Waals surface area contributed by atoms with Crippen LogP contribution < -0.4 is 5.73 Å². The maximum absolute atomic E-state index is 11.9. The molecule has 1 aliphatic rings. The van der Waals surface area contributed by atoms with E-state index >= 15 is 0 Å². The first kappa shape index (κ1) is 12.5. The van der Waals surface area contributed by atoms with Gasteiger partial charge >= 0.3 is 0 Å². The lowest BCUT2D eigenvalue weighted by Gasteiger charge is -2.20. The van der Waals surface area contributed by atoms with Crippen LogP contribution in [0.25, 0.3) is 0 Å². The third-order valence-electron chi connectivity index (χ3n) is 3.21. The number of amides is 1. The van der Waals surface area contributed by atoms with Crippen molar-refractivity contribution in [2.75, 3.05) is 19.6 Å². The monoisotopic (exact) mass is 212 g/mol. The first-order valence-electron chi connectivity index (χ1n) is 6.22. The highest BCUT2D eigenvalue weighted by Gasteiger charge is 2.15. The van der Waals surface area contributed by atoms with Crippen LogP contribution in [0.3, 0.4) is 0 Å². The van der Waals surface area contributed by atoms with Gasteiger partial charge in [-0.2, -0.15) is 0 Å². The van der Waals surface area contributed by atoms with E-state index < -0.39 is 0 Å². The minimum absolute atomic E-state index is 0.331. The lowest BCUT2D eigenvalue weighted by atomic mass is 10.1. The van der Waals surface area contributed by atoms with Crippen molar-refractivity contribution in [2.45, 2.75) is 45.4 Å². The van der Waals surface area contributed by atoms with Gasteiger partial charge < -0.3 is 10.6 Å². The fourth-order valence-electron chi connectivity index (χ4n) is 1.97. The molecule has 2 N–H and O–H groups in total. The molecule has 0 aliphatic carbocycles. The average Bonchev–Trinajstić information content (AvgIpc) is 2.53. The minimum Gasteiger partial charge on any atom is -0.343 e. The lowest BCUT2D eigenvalue weighted by Crippen LogP contribution is -2.32. The number of likely N-dealkylation sites (tertiary alicyclic amines) is 1. The summed E-state index contributed by atoms with van der Waals surface area (Å²) in [5.41, 5.74) is 5.54. The predicted octanol–water partition coefficient (Wildman–Crippen LogP) is 1.76. The summed E-state index contributed by atoms with van der Waals surface area (Å²) in [6.07, 6.45) is 6.53. The highest BCUT2D eigenvalue weighted by atomic mass is 16.2. The molecule has 1 unspecified atom stereocenters. The number of carbonyl (C=O) groups excluding carboxylic acids is 1. The van der Waals surface area contributed by atoms with E-state index in [0.717, 1.165) is 19.5 Å². The van der Waals surface area contributed by atoms with Crippen molar-refractivity contribution in [3.8, 4) is 0 Å². The normalized spacial score (nSPS) is 19.7. The Morgan fingerprint density at radius 2 is 1.87 bits per heavy atom.